The van der Waals surface area contributed by atoms with Crippen LogP contribution in [0.3, 0.4) is 0 Å². The number of carbonyl (C=O) groups is 2. The molecule has 0 bridgehead atoms. The van der Waals surface area contributed by atoms with Gasteiger partial charge >= 0.3 is 27.6 Å². The molecule has 5 unspecified atom stereocenters. The van der Waals surface area contributed by atoms with Crippen LogP contribution in [0.1, 0.15) is 168 Å². The molecule has 0 heterocycles. The number of carbonyl (C=O) groups excluding carboxylic acids is 2. The van der Waals surface area contributed by atoms with Crippen LogP contribution in [0.25, 0.3) is 0 Å². The number of aliphatic hydroxyl groups excluding tert-OH is 5. The molecule has 0 saturated heterocycles. The van der Waals surface area contributed by atoms with Gasteiger partial charge in [0, 0.05) is 12.8 Å². The second kappa shape index (κ2) is 39.5. The molecular weight excluding hydrogens is 926 g/mol. The zero-order valence-corrected chi connectivity index (χ0v) is 42.4. The minimum atomic E-state index is -5.36. The molecule has 396 valence electrons. The van der Waals surface area contributed by atoms with Crippen LogP contribution in [0.5, 0.6) is 0 Å². The summed E-state index contributed by atoms with van der Waals surface area (Å²) in [5.74, 6) is -1.01. The fourth-order valence-electron chi connectivity index (χ4n) is 7.12. The summed E-state index contributed by atoms with van der Waals surface area (Å²) < 4.78 is 54.2. The average molecular weight is 1010 g/mol. The van der Waals surface area contributed by atoms with Crippen molar-refractivity contribution >= 4 is 27.6 Å². The number of phosphoric acid groups is 2. The molecule has 1 aliphatic carbocycles. The van der Waals surface area contributed by atoms with E-state index in [0.717, 1.165) is 70.6 Å². The van der Waals surface area contributed by atoms with Gasteiger partial charge in [0.1, 0.15) is 49.3 Å². The van der Waals surface area contributed by atoms with E-state index in [-0.39, 0.29) is 26.1 Å². The SMILES string of the molecule is CCCCC/C=C\C/C=C\C/C=C\CCCCC(=O)OC[C@H](COC[C@@H](O)COP(=O)(O)O[C@H]1C(O)C(O)C(O)[C@@H](OP(=O)(O)O)C1O)OC(=O)CCCCCCC/C=C\CCCCCCCC. The van der Waals surface area contributed by atoms with Gasteiger partial charge in [-0.3, -0.25) is 23.2 Å². The predicted octanol–water partition coefficient (Wildman–Crippen LogP) is 7.88. The van der Waals surface area contributed by atoms with Gasteiger partial charge in [0.15, 0.2) is 6.10 Å². The number of hydrogen-bond donors (Lipinski definition) is 8. The smallest absolute Gasteiger partial charge is 0.462 e. The highest BCUT2D eigenvalue weighted by Gasteiger charge is 2.54. The maximum Gasteiger partial charge on any atom is 0.472 e. The van der Waals surface area contributed by atoms with Crippen molar-refractivity contribution in [2.75, 3.05) is 26.4 Å². The third-order valence-electron chi connectivity index (χ3n) is 11.0. The van der Waals surface area contributed by atoms with E-state index < -0.39 is 89.6 Å². The Morgan fingerprint density at radius 2 is 0.956 bits per heavy atom. The van der Waals surface area contributed by atoms with Crippen LogP contribution < -0.4 is 0 Å². The maximum absolute atomic E-state index is 12.8. The minimum Gasteiger partial charge on any atom is -0.462 e. The third kappa shape index (κ3) is 33.5. The van der Waals surface area contributed by atoms with Gasteiger partial charge in [-0.1, -0.05) is 127 Å². The Balaban J connectivity index is 2.60. The van der Waals surface area contributed by atoms with Crippen molar-refractivity contribution in [2.24, 2.45) is 0 Å². The van der Waals surface area contributed by atoms with Gasteiger partial charge in [-0.25, -0.2) is 9.13 Å². The van der Waals surface area contributed by atoms with Crippen LogP contribution in [-0.4, -0.2) is 127 Å². The van der Waals surface area contributed by atoms with E-state index in [1.54, 1.807) is 0 Å². The summed E-state index contributed by atoms with van der Waals surface area (Å²) in [4.78, 5) is 53.8. The van der Waals surface area contributed by atoms with Crippen molar-refractivity contribution < 1.29 is 86.7 Å². The fourth-order valence-corrected chi connectivity index (χ4v) is 8.66. The summed E-state index contributed by atoms with van der Waals surface area (Å²) in [6.45, 7) is 2.32. The minimum absolute atomic E-state index is 0.136. The first-order valence-electron chi connectivity index (χ1n) is 24.8. The third-order valence-corrected chi connectivity index (χ3v) is 12.5. The summed E-state index contributed by atoms with van der Waals surface area (Å²) in [6, 6.07) is 0. The highest BCUT2D eigenvalue weighted by molar-refractivity contribution is 7.47. The van der Waals surface area contributed by atoms with Crippen molar-refractivity contribution in [3.63, 3.8) is 0 Å². The standard InChI is InChI=1S/C48H86O18P2/c1-3-5-7-9-11-13-15-17-19-21-23-25-27-29-31-33-41(50)62-38-40(64-42(51)34-32-30-28-26-24-22-20-18-16-14-12-10-8-6-4-2)37-61-35-39(49)36-63-68(59,60)66-48-45(54)43(52)44(53)47(46(48)55)65-67(56,57)58/h11,13,17-20,23,25,39-40,43-49,52-55H,3-10,12,14-16,21-22,24,26-38H2,1-2H3,(H,59,60)(H2,56,57,58)/b13-11-,19-17-,20-18-,25-23-/t39-,40+,43?,44?,45?,46?,47-,48+/m1/s1. The first-order chi connectivity index (χ1) is 32.5. The van der Waals surface area contributed by atoms with Gasteiger partial charge < -0.3 is 54.4 Å². The lowest BCUT2D eigenvalue weighted by Gasteiger charge is -2.43. The number of hydrogen-bond acceptors (Lipinski definition) is 15. The Kier molecular flexibility index (Phi) is 37.1. The number of rotatable bonds is 42. The molecule has 8 N–H and O–H groups in total. The lowest BCUT2D eigenvalue weighted by Crippen LogP contribution is -2.64. The number of aliphatic hydroxyl groups is 5. The molecule has 0 aromatic rings. The van der Waals surface area contributed by atoms with Crippen LogP contribution >= 0.6 is 15.6 Å². The van der Waals surface area contributed by atoms with E-state index in [9.17, 15) is 49.1 Å². The zero-order valence-electron chi connectivity index (χ0n) is 40.6. The second-order valence-corrected chi connectivity index (χ2v) is 19.9. The molecule has 1 fully saturated rings. The summed E-state index contributed by atoms with van der Waals surface area (Å²) in [6.07, 6.45) is 24.7. The molecule has 1 saturated carbocycles. The quantitative estimate of drug-likeness (QED) is 0.0125. The van der Waals surface area contributed by atoms with Crippen molar-refractivity contribution in [3.8, 4) is 0 Å². The molecule has 0 aliphatic heterocycles. The lowest BCUT2D eigenvalue weighted by molar-refractivity contribution is -0.216. The van der Waals surface area contributed by atoms with Gasteiger partial charge in [-0.15, -0.1) is 0 Å². The fraction of sp³-hybridized carbons (Fsp3) is 0.792. The van der Waals surface area contributed by atoms with Crippen LogP contribution in [0.15, 0.2) is 48.6 Å². The number of ether oxygens (including phenoxy) is 3. The lowest BCUT2D eigenvalue weighted by atomic mass is 9.85. The maximum atomic E-state index is 12.8. The Morgan fingerprint density at radius 1 is 0.515 bits per heavy atom. The number of allylic oxidation sites excluding steroid dienone is 8. The Labute approximate surface area is 405 Å². The van der Waals surface area contributed by atoms with Crippen LogP contribution in [0.4, 0.5) is 0 Å². The molecule has 0 amide bonds. The Hall–Kier alpha value is -2.12. The van der Waals surface area contributed by atoms with Crippen molar-refractivity contribution in [1.29, 1.82) is 0 Å². The van der Waals surface area contributed by atoms with Gasteiger partial charge in [-0.2, -0.15) is 0 Å². The topological polar surface area (TPSA) is 285 Å². The van der Waals surface area contributed by atoms with E-state index in [1.807, 2.05) is 0 Å². The summed E-state index contributed by atoms with van der Waals surface area (Å²) in [7, 11) is -10.6. The first kappa shape index (κ1) is 63.9. The van der Waals surface area contributed by atoms with Crippen molar-refractivity contribution in [3.05, 3.63) is 48.6 Å². The summed E-state index contributed by atoms with van der Waals surface area (Å²) in [5, 5.41) is 51.2. The van der Waals surface area contributed by atoms with Crippen LogP contribution in [-0.2, 0) is 46.5 Å². The van der Waals surface area contributed by atoms with E-state index >= 15 is 0 Å². The molecule has 0 spiro atoms. The van der Waals surface area contributed by atoms with Crippen LogP contribution in [0.2, 0.25) is 0 Å². The van der Waals surface area contributed by atoms with E-state index in [4.69, 9.17) is 33.0 Å². The molecule has 9 atom stereocenters. The first-order valence-corrected chi connectivity index (χ1v) is 27.9. The van der Waals surface area contributed by atoms with Crippen LogP contribution in [0, 0.1) is 0 Å². The summed E-state index contributed by atoms with van der Waals surface area (Å²) >= 11 is 0. The number of phosphoric ester groups is 2. The number of esters is 2. The molecule has 0 aromatic heterocycles. The highest BCUT2D eigenvalue weighted by Crippen LogP contribution is 2.48. The second-order valence-electron chi connectivity index (χ2n) is 17.3. The van der Waals surface area contributed by atoms with Crippen molar-refractivity contribution in [2.45, 2.75) is 217 Å². The average Bonchev–Trinajstić information content (AvgIpc) is 3.29. The molecule has 0 radical (unpaired) electrons. The van der Waals surface area contributed by atoms with E-state index in [0.29, 0.717) is 12.8 Å². The highest BCUT2D eigenvalue weighted by atomic mass is 31.2. The zero-order chi connectivity index (χ0) is 50.5. The molecule has 20 heteroatoms. The normalized spacial score (nSPS) is 22.1. The van der Waals surface area contributed by atoms with E-state index in [2.05, 4.69) is 67.0 Å². The van der Waals surface area contributed by atoms with Gasteiger partial charge in [0.2, 0.25) is 0 Å². The van der Waals surface area contributed by atoms with Gasteiger partial charge in [0.05, 0.1) is 19.8 Å². The molecule has 68 heavy (non-hydrogen) atoms. The molecule has 18 nitrogen and oxygen atoms in total. The predicted molar refractivity (Wildman–Crippen MR) is 258 cm³/mol. The van der Waals surface area contributed by atoms with Crippen molar-refractivity contribution in [1.82, 2.24) is 0 Å². The van der Waals surface area contributed by atoms with Gasteiger partial charge in [0.25, 0.3) is 0 Å². The molecule has 0 aromatic carbocycles. The summed E-state index contributed by atoms with van der Waals surface area (Å²) in [5.41, 5.74) is 0. The molecule has 1 aliphatic rings. The number of unbranched alkanes of at least 4 members (excludes halogenated alkanes) is 16. The largest absolute Gasteiger partial charge is 0.472 e. The Bertz CT molecular complexity index is 1520. The molecular formula is C48H86O18P2. The van der Waals surface area contributed by atoms with Gasteiger partial charge in [-0.05, 0) is 77.0 Å². The molecule has 1 rings (SSSR count). The monoisotopic (exact) mass is 1010 g/mol. The Morgan fingerprint density at radius 3 is 1.53 bits per heavy atom. The van der Waals surface area contributed by atoms with E-state index in [1.165, 1.54) is 57.8 Å².